The number of nitriles is 1. The highest BCUT2D eigenvalue weighted by atomic mass is 35.5. The Labute approximate surface area is 250 Å². The van der Waals surface area contributed by atoms with Gasteiger partial charge in [0, 0.05) is 37.9 Å². The highest BCUT2D eigenvalue weighted by Gasteiger charge is 2.29. The van der Waals surface area contributed by atoms with Gasteiger partial charge in [0.25, 0.3) is 11.8 Å². The van der Waals surface area contributed by atoms with Crippen LogP contribution in [0.5, 0.6) is 5.75 Å². The predicted octanol–water partition coefficient (Wildman–Crippen LogP) is 1.99. The Morgan fingerprint density at radius 2 is 1.95 bits per heavy atom. The van der Waals surface area contributed by atoms with Gasteiger partial charge in [-0.2, -0.15) is 9.65 Å². The smallest absolute Gasteiger partial charge is 0.291 e. The van der Waals surface area contributed by atoms with E-state index in [2.05, 4.69) is 26.3 Å². The van der Waals surface area contributed by atoms with Crippen LogP contribution in [0.1, 0.15) is 27.4 Å². The van der Waals surface area contributed by atoms with Crippen LogP contribution < -0.4 is 26.0 Å². The van der Waals surface area contributed by atoms with Gasteiger partial charge < -0.3 is 35.7 Å². The molecule has 0 aliphatic carbocycles. The molecule has 226 valence electrons. The number of hydrogen-bond acceptors (Lipinski definition) is 8. The van der Waals surface area contributed by atoms with E-state index in [1.54, 1.807) is 6.07 Å². The average Bonchev–Trinajstić information content (AvgIpc) is 3.37. The van der Waals surface area contributed by atoms with Crippen molar-refractivity contribution in [2.24, 2.45) is 13.0 Å². The Hall–Kier alpha value is -4.58. The van der Waals surface area contributed by atoms with Gasteiger partial charge >= 0.3 is 0 Å². The summed E-state index contributed by atoms with van der Waals surface area (Å²) in [5.74, 6) is -4.99. The minimum Gasteiger partial charge on any atom is -0.476 e. The van der Waals surface area contributed by atoms with Crippen LogP contribution in [0, 0.1) is 28.9 Å². The third kappa shape index (κ3) is 7.26. The maximum atomic E-state index is 14.7. The second-order valence-corrected chi connectivity index (χ2v) is 9.98. The molecule has 43 heavy (non-hydrogen) atoms. The van der Waals surface area contributed by atoms with Crippen LogP contribution in [-0.2, 0) is 11.8 Å². The van der Waals surface area contributed by atoms with Crippen molar-refractivity contribution in [3.05, 3.63) is 64.6 Å². The molecule has 1 saturated heterocycles. The number of imidazole rings is 1. The second kappa shape index (κ2) is 14.1. The average molecular weight is 616 g/mol. The van der Waals surface area contributed by atoms with Gasteiger partial charge in [0.05, 0.1) is 34.5 Å². The second-order valence-electron chi connectivity index (χ2n) is 9.57. The number of aliphatic hydroxyl groups is 1. The number of nitrogens with one attached hydrogen (secondary N) is 4. The Morgan fingerprint density at radius 3 is 2.67 bits per heavy atom. The number of carbonyl (C=O) groups excluding carboxylic acids is 3. The van der Waals surface area contributed by atoms with E-state index >= 15 is 0 Å². The van der Waals surface area contributed by atoms with Gasteiger partial charge in [-0.15, -0.1) is 0 Å². The van der Waals surface area contributed by atoms with Gasteiger partial charge in [0.15, 0.2) is 24.0 Å². The number of hydrogen-bond donors (Lipinski definition) is 5. The Kier molecular flexibility index (Phi) is 10.3. The molecule has 3 amide bonds. The number of aromatic nitrogens is 2. The van der Waals surface area contributed by atoms with Crippen LogP contribution in [0.2, 0.25) is 5.02 Å². The van der Waals surface area contributed by atoms with Crippen LogP contribution in [0.25, 0.3) is 11.3 Å². The number of nitrogens with zero attached hydrogens (tertiary/aromatic N) is 3. The normalized spacial score (nSPS) is 16.2. The van der Waals surface area contributed by atoms with Gasteiger partial charge in [0.1, 0.15) is 6.07 Å². The first-order valence-corrected chi connectivity index (χ1v) is 13.6. The van der Waals surface area contributed by atoms with E-state index in [1.165, 1.54) is 48.1 Å². The highest BCUT2D eigenvalue weighted by molar-refractivity contribution is 6.34. The largest absolute Gasteiger partial charge is 0.476 e. The Morgan fingerprint density at radius 1 is 1.19 bits per heavy atom. The third-order valence-electron chi connectivity index (χ3n) is 6.77. The van der Waals surface area contributed by atoms with Crippen molar-refractivity contribution in [1.29, 1.82) is 5.26 Å². The Balaban J connectivity index is 1.34. The topological polar surface area (TPSA) is 170 Å². The van der Waals surface area contributed by atoms with Crippen molar-refractivity contribution in [1.82, 2.24) is 25.5 Å². The van der Waals surface area contributed by atoms with Crippen LogP contribution in [-0.4, -0.2) is 71.3 Å². The lowest BCUT2D eigenvalue weighted by molar-refractivity contribution is -0.129. The summed E-state index contributed by atoms with van der Waals surface area (Å²) in [6, 6.07) is 8.33. The third-order valence-corrected chi connectivity index (χ3v) is 7.09. The van der Waals surface area contributed by atoms with E-state index in [4.69, 9.17) is 21.6 Å². The highest BCUT2D eigenvalue weighted by Crippen LogP contribution is 2.30. The predicted molar refractivity (Wildman–Crippen MR) is 151 cm³/mol. The first kappa shape index (κ1) is 31.4. The number of carbonyl (C=O) groups is 3. The fourth-order valence-corrected chi connectivity index (χ4v) is 4.79. The van der Waals surface area contributed by atoms with Crippen molar-refractivity contribution in [3.63, 3.8) is 0 Å². The lowest BCUT2D eigenvalue weighted by Crippen LogP contribution is -2.48. The minimum absolute atomic E-state index is 0.0499. The fraction of sp³-hybridized carbons (Fsp3) is 0.321. The molecule has 2 aromatic carbocycles. The van der Waals surface area contributed by atoms with E-state index in [0.29, 0.717) is 19.5 Å². The van der Waals surface area contributed by atoms with Gasteiger partial charge in [-0.1, -0.05) is 11.6 Å². The summed E-state index contributed by atoms with van der Waals surface area (Å²) in [5.41, 5.74) is 0.332. The number of amides is 3. The SMILES string of the molecule is Cn1c(-c2ccc(OCC#N)c(F)c2F)cnc1C(=O)Nc1ccc(C(=O)NCCNC(=O)[C@H]2CCNC[C@@H]2O)c(Cl)c1. The molecule has 1 fully saturated rings. The van der Waals surface area contributed by atoms with E-state index in [-0.39, 0.29) is 52.4 Å². The number of halogens is 3. The molecule has 0 bridgehead atoms. The molecule has 0 spiro atoms. The maximum absolute atomic E-state index is 14.7. The van der Waals surface area contributed by atoms with E-state index in [9.17, 15) is 28.3 Å². The first-order chi connectivity index (χ1) is 20.6. The zero-order valence-electron chi connectivity index (χ0n) is 22.9. The summed E-state index contributed by atoms with van der Waals surface area (Å²) >= 11 is 6.29. The van der Waals surface area contributed by atoms with Gasteiger partial charge in [-0.05, 0) is 43.3 Å². The molecule has 3 aromatic rings. The number of β-amino-alcohol motifs (C(OH)–C–C–N with tert-alkyl or cyclic N) is 1. The maximum Gasteiger partial charge on any atom is 0.291 e. The molecule has 0 radical (unpaired) electrons. The van der Waals surface area contributed by atoms with Gasteiger partial charge in [-0.3, -0.25) is 14.4 Å². The zero-order chi connectivity index (χ0) is 31.1. The van der Waals surface area contributed by atoms with Crippen LogP contribution in [0.4, 0.5) is 14.5 Å². The van der Waals surface area contributed by atoms with Gasteiger partial charge in [0.2, 0.25) is 11.7 Å². The summed E-state index contributed by atoms with van der Waals surface area (Å²) in [7, 11) is 1.45. The standard InChI is InChI=1S/C28H28ClF2N7O5/c1-38-20(17-4-5-22(43-11-7-32)24(31)23(17)30)13-36-25(38)28(42)37-15-2-3-16(19(29)12-15)26(40)34-9-10-35-27(41)18-6-8-33-14-21(18)39/h2-5,12-13,18,21,33,39H,6,8-11,14H2,1H3,(H,34,40)(H,35,41)(H,37,42)/t18-,21-/m0/s1. The van der Waals surface area contributed by atoms with Gasteiger partial charge in [-0.25, -0.2) is 9.37 Å². The molecule has 0 saturated carbocycles. The molecular formula is C28H28ClF2N7O5. The number of ether oxygens (including phenoxy) is 1. The van der Waals surface area contributed by atoms with Crippen molar-refractivity contribution in [2.75, 3.05) is 38.1 Å². The molecule has 1 aliphatic heterocycles. The quantitative estimate of drug-likeness (QED) is 0.216. The molecule has 0 unspecified atom stereocenters. The molecule has 1 aromatic heterocycles. The summed E-state index contributed by atoms with van der Waals surface area (Å²) in [6.45, 7) is 0.827. The van der Waals surface area contributed by atoms with E-state index in [1.807, 2.05) is 0 Å². The van der Waals surface area contributed by atoms with E-state index < -0.39 is 47.8 Å². The van der Waals surface area contributed by atoms with Crippen molar-refractivity contribution < 1.29 is 33.0 Å². The van der Waals surface area contributed by atoms with Crippen molar-refractivity contribution in [3.8, 4) is 23.1 Å². The molecular weight excluding hydrogens is 588 g/mol. The first-order valence-electron chi connectivity index (χ1n) is 13.2. The summed E-state index contributed by atoms with van der Waals surface area (Å²) in [6.07, 6.45) is 0.967. The lowest BCUT2D eigenvalue weighted by Gasteiger charge is -2.27. The molecule has 2 atom stereocenters. The van der Waals surface area contributed by atoms with Crippen LogP contribution in [0.3, 0.4) is 0 Å². The van der Waals surface area contributed by atoms with Crippen LogP contribution in [0.15, 0.2) is 36.5 Å². The molecule has 2 heterocycles. The molecule has 4 rings (SSSR count). The summed E-state index contributed by atoms with van der Waals surface area (Å²) < 4.78 is 35.3. The number of anilines is 1. The number of rotatable bonds is 10. The summed E-state index contributed by atoms with van der Waals surface area (Å²) in [4.78, 5) is 41.8. The molecule has 1 aliphatic rings. The molecule has 12 nitrogen and oxygen atoms in total. The molecule has 15 heteroatoms. The lowest BCUT2D eigenvalue weighted by atomic mass is 9.94. The number of piperidine rings is 1. The summed E-state index contributed by atoms with van der Waals surface area (Å²) in [5, 5.41) is 29.5. The number of aliphatic hydroxyl groups excluding tert-OH is 1. The van der Waals surface area contributed by atoms with Crippen molar-refractivity contribution >= 4 is 35.0 Å². The van der Waals surface area contributed by atoms with Crippen molar-refractivity contribution in [2.45, 2.75) is 12.5 Å². The molecule has 5 N–H and O–H groups in total. The minimum atomic E-state index is -1.28. The fourth-order valence-electron chi connectivity index (χ4n) is 4.52. The number of benzene rings is 2. The monoisotopic (exact) mass is 615 g/mol. The van der Waals surface area contributed by atoms with Crippen LogP contribution >= 0.6 is 11.6 Å². The van der Waals surface area contributed by atoms with E-state index in [0.717, 1.165) is 0 Å². The zero-order valence-corrected chi connectivity index (χ0v) is 23.7. The Bertz CT molecular complexity index is 1580.